The molecular weight excluding hydrogens is 164 g/mol. The van der Waals surface area contributed by atoms with Crippen molar-refractivity contribution in [2.45, 2.75) is 25.5 Å². The zero-order chi connectivity index (χ0) is 9.42. The van der Waals surface area contributed by atoms with E-state index in [1.54, 1.807) is 0 Å². The Balaban J connectivity index is 2.37. The summed E-state index contributed by atoms with van der Waals surface area (Å²) in [5.74, 6) is 0. The van der Waals surface area contributed by atoms with Gasteiger partial charge in [-0.3, -0.25) is 0 Å². The number of nitrogens with two attached hydrogens (primary N) is 1. The Morgan fingerprint density at radius 3 is 3.08 bits per heavy atom. The van der Waals surface area contributed by atoms with Crippen LogP contribution in [0.1, 0.15) is 12.5 Å². The topological polar surface area (TPSA) is 58.3 Å². The van der Waals surface area contributed by atoms with E-state index in [1.165, 1.54) is 0 Å². The quantitative estimate of drug-likeness (QED) is 0.519. The fraction of sp³-hybridized carbons (Fsp3) is 0.400. The van der Waals surface area contributed by atoms with Gasteiger partial charge >= 0.3 is 0 Å². The largest absolute Gasteiger partial charge is 0.399 e. The normalized spacial score (nSPS) is 26.3. The highest BCUT2D eigenvalue weighted by molar-refractivity contribution is 5.60. The smallest absolute Gasteiger partial charge is 0.0779 e. The molecule has 3 heteroatoms. The van der Waals surface area contributed by atoms with Crippen molar-refractivity contribution in [1.82, 2.24) is 0 Å². The molecule has 0 aromatic heterocycles. The van der Waals surface area contributed by atoms with Gasteiger partial charge in [-0.2, -0.15) is 0 Å². The lowest BCUT2D eigenvalue weighted by molar-refractivity contribution is 0.154. The molecular formula is C10H14N2O. The number of fused-ring (bicyclic) bond motifs is 1. The van der Waals surface area contributed by atoms with Crippen molar-refractivity contribution in [2.75, 3.05) is 11.1 Å². The summed E-state index contributed by atoms with van der Waals surface area (Å²) >= 11 is 0. The molecule has 1 aliphatic rings. The third-order valence-electron chi connectivity index (χ3n) is 2.52. The first-order chi connectivity index (χ1) is 6.16. The van der Waals surface area contributed by atoms with E-state index >= 15 is 0 Å². The summed E-state index contributed by atoms with van der Waals surface area (Å²) in [4.78, 5) is 0. The number of hydrogen-bond donors (Lipinski definition) is 3. The molecule has 4 N–H and O–H groups in total. The van der Waals surface area contributed by atoms with Gasteiger partial charge in [-0.05, 0) is 30.7 Å². The van der Waals surface area contributed by atoms with Crippen molar-refractivity contribution < 1.29 is 5.11 Å². The molecule has 0 amide bonds. The Morgan fingerprint density at radius 2 is 2.31 bits per heavy atom. The lowest BCUT2D eigenvalue weighted by Gasteiger charge is -2.29. The molecule has 3 nitrogen and oxygen atoms in total. The summed E-state index contributed by atoms with van der Waals surface area (Å²) in [6.45, 7) is 1.98. The maximum atomic E-state index is 9.61. The minimum atomic E-state index is -0.311. The van der Waals surface area contributed by atoms with Crippen LogP contribution in [0.25, 0.3) is 0 Å². The molecule has 1 aromatic carbocycles. The number of rotatable bonds is 0. The average Bonchev–Trinajstić information content (AvgIpc) is 2.08. The van der Waals surface area contributed by atoms with Crippen LogP contribution in [-0.2, 0) is 6.42 Å². The SMILES string of the molecule is CC1Nc2ccc(N)cc2CC1O. The number of nitrogens with one attached hydrogen (secondary N) is 1. The second-order valence-electron chi connectivity index (χ2n) is 3.62. The van der Waals surface area contributed by atoms with Crippen molar-refractivity contribution in [3.05, 3.63) is 23.8 Å². The van der Waals surface area contributed by atoms with E-state index in [-0.39, 0.29) is 12.1 Å². The zero-order valence-electron chi connectivity index (χ0n) is 7.62. The molecule has 0 spiro atoms. The lowest BCUT2D eigenvalue weighted by Crippen LogP contribution is -2.36. The van der Waals surface area contributed by atoms with Crippen LogP contribution >= 0.6 is 0 Å². The summed E-state index contributed by atoms with van der Waals surface area (Å²) in [5, 5.41) is 12.8. The van der Waals surface area contributed by atoms with E-state index < -0.39 is 0 Å². The maximum absolute atomic E-state index is 9.61. The molecule has 1 aliphatic heterocycles. The highest BCUT2D eigenvalue weighted by Gasteiger charge is 2.22. The first kappa shape index (κ1) is 8.38. The number of aliphatic hydroxyl groups is 1. The van der Waals surface area contributed by atoms with Crippen LogP contribution in [0, 0.1) is 0 Å². The van der Waals surface area contributed by atoms with Crippen LogP contribution in [0.5, 0.6) is 0 Å². The molecule has 2 unspecified atom stereocenters. The second-order valence-corrected chi connectivity index (χ2v) is 3.62. The van der Waals surface area contributed by atoms with Crippen molar-refractivity contribution in [2.24, 2.45) is 0 Å². The molecule has 0 fully saturated rings. The van der Waals surface area contributed by atoms with E-state index in [0.29, 0.717) is 6.42 Å². The van der Waals surface area contributed by atoms with Crippen LogP contribution in [-0.4, -0.2) is 17.3 Å². The van der Waals surface area contributed by atoms with Gasteiger partial charge in [0.15, 0.2) is 0 Å². The summed E-state index contributed by atoms with van der Waals surface area (Å²) in [7, 11) is 0. The average molecular weight is 178 g/mol. The van der Waals surface area contributed by atoms with E-state index in [9.17, 15) is 5.11 Å². The highest BCUT2D eigenvalue weighted by atomic mass is 16.3. The van der Waals surface area contributed by atoms with Crippen LogP contribution in [0.15, 0.2) is 18.2 Å². The Hall–Kier alpha value is -1.22. The second kappa shape index (κ2) is 2.92. The summed E-state index contributed by atoms with van der Waals surface area (Å²) in [5.41, 5.74) is 8.60. The third kappa shape index (κ3) is 1.47. The first-order valence-electron chi connectivity index (χ1n) is 4.50. The fourth-order valence-corrected chi connectivity index (χ4v) is 1.67. The number of aliphatic hydroxyl groups excluding tert-OH is 1. The molecule has 0 radical (unpaired) electrons. The van der Waals surface area contributed by atoms with Gasteiger partial charge in [0.25, 0.3) is 0 Å². The molecule has 1 aromatic rings. The molecule has 13 heavy (non-hydrogen) atoms. The third-order valence-corrected chi connectivity index (χ3v) is 2.52. The Kier molecular flexibility index (Phi) is 1.88. The lowest BCUT2D eigenvalue weighted by atomic mass is 9.96. The highest BCUT2D eigenvalue weighted by Crippen LogP contribution is 2.26. The number of hydrogen-bond acceptors (Lipinski definition) is 3. The fourth-order valence-electron chi connectivity index (χ4n) is 1.67. The molecule has 0 saturated carbocycles. The molecule has 0 aliphatic carbocycles. The van der Waals surface area contributed by atoms with Crippen molar-refractivity contribution in [3.63, 3.8) is 0 Å². The van der Waals surface area contributed by atoms with E-state index in [0.717, 1.165) is 16.9 Å². The molecule has 2 rings (SSSR count). The van der Waals surface area contributed by atoms with Crippen LogP contribution in [0.4, 0.5) is 11.4 Å². The van der Waals surface area contributed by atoms with Crippen molar-refractivity contribution >= 4 is 11.4 Å². The predicted molar refractivity (Wildman–Crippen MR) is 53.6 cm³/mol. The molecule has 0 bridgehead atoms. The maximum Gasteiger partial charge on any atom is 0.0779 e. The van der Waals surface area contributed by atoms with Gasteiger partial charge in [-0.15, -0.1) is 0 Å². The molecule has 70 valence electrons. The minimum absolute atomic E-state index is 0.121. The standard InChI is InChI=1S/C10H14N2O/c1-6-10(13)5-7-4-8(11)2-3-9(7)12-6/h2-4,6,10,12-13H,5,11H2,1H3. The van der Waals surface area contributed by atoms with Crippen molar-refractivity contribution in [1.29, 1.82) is 0 Å². The van der Waals surface area contributed by atoms with Gasteiger partial charge in [0.05, 0.1) is 6.10 Å². The monoisotopic (exact) mass is 178 g/mol. The number of anilines is 2. The first-order valence-corrected chi connectivity index (χ1v) is 4.50. The van der Waals surface area contributed by atoms with E-state index in [1.807, 2.05) is 25.1 Å². The summed E-state index contributed by atoms with van der Waals surface area (Å²) < 4.78 is 0. The number of benzene rings is 1. The zero-order valence-corrected chi connectivity index (χ0v) is 7.62. The number of nitrogen functional groups attached to an aromatic ring is 1. The van der Waals surface area contributed by atoms with Gasteiger partial charge in [0, 0.05) is 23.8 Å². The van der Waals surface area contributed by atoms with Gasteiger partial charge in [0.1, 0.15) is 0 Å². The Morgan fingerprint density at radius 1 is 1.54 bits per heavy atom. The van der Waals surface area contributed by atoms with Gasteiger partial charge in [-0.1, -0.05) is 0 Å². The Labute approximate surface area is 77.6 Å². The molecule has 1 heterocycles. The van der Waals surface area contributed by atoms with Crippen molar-refractivity contribution in [3.8, 4) is 0 Å². The van der Waals surface area contributed by atoms with Gasteiger partial charge in [-0.25, -0.2) is 0 Å². The minimum Gasteiger partial charge on any atom is -0.399 e. The van der Waals surface area contributed by atoms with E-state index in [2.05, 4.69) is 5.32 Å². The Bertz CT molecular complexity index is 325. The van der Waals surface area contributed by atoms with Gasteiger partial charge < -0.3 is 16.2 Å². The van der Waals surface area contributed by atoms with Crippen LogP contribution in [0.2, 0.25) is 0 Å². The van der Waals surface area contributed by atoms with Gasteiger partial charge in [0.2, 0.25) is 0 Å². The van der Waals surface area contributed by atoms with Crippen LogP contribution in [0.3, 0.4) is 0 Å². The predicted octanol–water partition coefficient (Wildman–Crippen LogP) is 0.986. The summed E-state index contributed by atoms with van der Waals surface area (Å²) in [6.07, 6.45) is 0.378. The van der Waals surface area contributed by atoms with Crippen LogP contribution < -0.4 is 11.1 Å². The summed E-state index contributed by atoms with van der Waals surface area (Å²) in [6, 6.07) is 5.87. The molecule has 0 saturated heterocycles. The molecule has 2 atom stereocenters. The van der Waals surface area contributed by atoms with E-state index in [4.69, 9.17) is 5.73 Å².